The van der Waals surface area contributed by atoms with Crippen molar-refractivity contribution < 1.29 is 0 Å². The summed E-state index contributed by atoms with van der Waals surface area (Å²) in [7, 11) is 0. The molecular weight excluding hydrogens is 544 g/mol. The van der Waals surface area contributed by atoms with Crippen LogP contribution >= 0.6 is 0 Å². The lowest BCUT2D eigenvalue weighted by Crippen LogP contribution is -2.11. The summed E-state index contributed by atoms with van der Waals surface area (Å²) in [5.41, 5.74) is 14.2. The van der Waals surface area contributed by atoms with E-state index in [-0.39, 0.29) is 5.41 Å². The second-order valence-electron chi connectivity index (χ2n) is 12.9. The average molecular weight is 581 g/mol. The molecule has 7 rings (SSSR count). The number of nitrogens with zero attached hydrogens (tertiary/aromatic N) is 2. The van der Waals surface area contributed by atoms with Gasteiger partial charge in [-0.05, 0) is 110 Å². The van der Waals surface area contributed by atoms with Crippen LogP contribution in [-0.4, -0.2) is 9.97 Å². The van der Waals surface area contributed by atoms with Crippen LogP contribution in [-0.2, 0) is 5.41 Å². The van der Waals surface area contributed by atoms with E-state index in [1.54, 1.807) is 0 Å². The molecule has 0 aliphatic rings. The molecule has 218 valence electrons. The molecule has 0 bridgehead atoms. The molecule has 7 aromatic rings. The van der Waals surface area contributed by atoms with E-state index in [1.165, 1.54) is 49.9 Å². The van der Waals surface area contributed by atoms with E-state index in [9.17, 15) is 0 Å². The van der Waals surface area contributed by atoms with Crippen LogP contribution in [0.3, 0.4) is 0 Å². The lowest BCUT2D eigenvalue weighted by Gasteiger charge is -2.19. The minimum absolute atomic E-state index is 0.0597. The van der Waals surface area contributed by atoms with E-state index in [2.05, 4.69) is 160 Å². The molecule has 2 heteroatoms. The number of benzene rings is 5. The zero-order valence-corrected chi connectivity index (χ0v) is 26.3. The molecule has 0 atom stereocenters. The molecule has 0 aliphatic heterocycles. The molecule has 0 saturated heterocycles. The van der Waals surface area contributed by atoms with Gasteiger partial charge in [-0.25, -0.2) is 0 Å². The largest absolute Gasteiger partial charge is 0.264 e. The number of pyridine rings is 2. The van der Waals surface area contributed by atoms with Gasteiger partial charge in [-0.2, -0.15) is 0 Å². The summed E-state index contributed by atoms with van der Waals surface area (Å²) in [6.45, 7) is 8.85. The van der Waals surface area contributed by atoms with Gasteiger partial charge >= 0.3 is 0 Å². The molecule has 2 aromatic heterocycles. The topological polar surface area (TPSA) is 25.8 Å². The summed E-state index contributed by atoms with van der Waals surface area (Å²) in [6, 6.07) is 46.1. The van der Waals surface area contributed by atoms with Crippen LogP contribution in [0.25, 0.3) is 66.5 Å². The Bertz CT molecular complexity index is 2140. The minimum atomic E-state index is 0.0597. The lowest BCUT2D eigenvalue weighted by molar-refractivity contribution is 0.589. The molecule has 0 spiro atoms. The smallest absolute Gasteiger partial charge is 0.0705 e. The first kappa shape index (κ1) is 28.4. The van der Waals surface area contributed by atoms with Crippen LogP contribution in [0.1, 0.15) is 31.9 Å². The van der Waals surface area contributed by atoms with E-state index in [0.717, 1.165) is 27.8 Å². The quantitative estimate of drug-likeness (QED) is 0.202. The highest BCUT2D eigenvalue weighted by atomic mass is 14.7. The molecule has 0 saturated carbocycles. The maximum atomic E-state index is 4.73. The number of rotatable bonds is 5. The first-order chi connectivity index (χ1) is 21.8. The average Bonchev–Trinajstić information content (AvgIpc) is 3.08. The SMILES string of the molecule is Cc1ccc(-c2cc(-c3ccccc3)cc(-c3ccc(-c4cccc(-c5cc(C(C)(C)C)ccn5)c4)c4cnccc34)c2)cc1. The Kier molecular flexibility index (Phi) is 7.35. The Morgan fingerprint density at radius 1 is 0.467 bits per heavy atom. The van der Waals surface area contributed by atoms with Crippen molar-refractivity contribution in [2.45, 2.75) is 33.1 Å². The Morgan fingerprint density at radius 2 is 1.09 bits per heavy atom. The normalized spacial score (nSPS) is 11.6. The predicted molar refractivity (Wildman–Crippen MR) is 190 cm³/mol. The maximum Gasteiger partial charge on any atom is 0.0705 e. The van der Waals surface area contributed by atoms with Gasteiger partial charge in [0, 0.05) is 29.5 Å². The molecule has 0 aliphatic carbocycles. The van der Waals surface area contributed by atoms with Crippen LogP contribution in [0.5, 0.6) is 0 Å². The summed E-state index contributed by atoms with van der Waals surface area (Å²) in [6.07, 6.45) is 5.82. The monoisotopic (exact) mass is 580 g/mol. The fourth-order valence-corrected chi connectivity index (χ4v) is 6.09. The van der Waals surface area contributed by atoms with Gasteiger partial charge in [-0.15, -0.1) is 0 Å². The third kappa shape index (κ3) is 5.80. The number of aromatic nitrogens is 2. The summed E-state index contributed by atoms with van der Waals surface area (Å²) in [4.78, 5) is 9.31. The number of aryl methyl sites for hydroxylation is 1. The molecule has 5 aromatic carbocycles. The van der Waals surface area contributed by atoms with Crippen molar-refractivity contribution in [3.05, 3.63) is 157 Å². The summed E-state index contributed by atoms with van der Waals surface area (Å²) in [5, 5.41) is 2.31. The Balaban J connectivity index is 1.37. The highest BCUT2D eigenvalue weighted by molar-refractivity contribution is 6.05. The predicted octanol–water partition coefficient (Wildman–Crippen LogP) is 11.6. The van der Waals surface area contributed by atoms with Crippen molar-refractivity contribution in [2.24, 2.45) is 0 Å². The first-order valence-electron chi connectivity index (χ1n) is 15.6. The fourth-order valence-electron chi connectivity index (χ4n) is 6.09. The Morgan fingerprint density at radius 3 is 1.82 bits per heavy atom. The first-order valence-corrected chi connectivity index (χ1v) is 15.6. The number of hydrogen-bond acceptors (Lipinski definition) is 2. The van der Waals surface area contributed by atoms with Crippen LogP contribution in [0.4, 0.5) is 0 Å². The third-order valence-electron chi connectivity index (χ3n) is 8.65. The second-order valence-corrected chi connectivity index (χ2v) is 12.9. The zero-order valence-electron chi connectivity index (χ0n) is 26.3. The van der Waals surface area contributed by atoms with E-state index >= 15 is 0 Å². The van der Waals surface area contributed by atoms with Crippen molar-refractivity contribution in [2.75, 3.05) is 0 Å². The van der Waals surface area contributed by atoms with Crippen molar-refractivity contribution in [3.63, 3.8) is 0 Å². The van der Waals surface area contributed by atoms with Crippen LogP contribution in [0, 0.1) is 6.92 Å². The molecule has 0 radical (unpaired) electrons. The third-order valence-corrected chi connectivity index (χ3v) is 8.65. The van der Waals surface area contributed by atoms with Crippen LogP contribution < -0.4 is 0 Å². The summed E-state index contributed by atoms with van der Waals surface area (Å²) < 4.78 is 0. The summed E-state index contributed by atoms with van der Waals surface area (Å²) in [5.74, 6) is 0. The van der Waals surface area contributed by atoms with Crippen LogP contribution in [0.2, 0.25) is 0 Å². The van der Waals surface area contributed by atoms with Gasteiger partial charge in [0.25, 0.3) is 0 Å². The van der Waals surface area contributed by atoms with E-state index in [0.29, 0.717) is 0 Å². The van der Waals surface area contributed by atoms with Crippen molar-refractivity contribution in [1.29, 1.82) is 0 Å². The molecule has 0 unspecified atom stereocenters. The molecule has 0 amide bonds. The van der Waals surface area contributed by atoms with Gasteiger partial charge in [0.2, 0.25) is 0 Å². The number of hydrogen-bond donors (Lipinski definition) is 0. The van der Waals surface area contributed by atoms with Crippen LogP contribution in [0.15, 0.2) is 146 Å². The molecule has 0 fully saturated rings. The summed E-state index contributed by atoms with van der Waals surface area (Å²) >= 11 is 0. The Labute approximate surface area is 266 Å². The highest BCUT2D eigenvalue weighted by Gasteiger charge is 2.16. The van der Waals surface area contributed by atoms with Gasteiger partial charge in [0.1, 0.15) is 0 Å². The second kappa shape index (κ2) is 11.6. The standard InChI is InChI=1S/C43H36N2/c1-29-13-15-31(16-14-29)35-24-34(30-9-6-5-7-10-30)25-36(26-35)39-18-17-38(41-28-44-21-20-40(39)41)32-11-8-12-33(23-32)42-27-37(19-22-45-42)43(2,3)4/h5-28H,1-4H3. The highest BCUT2D eigenvalue weighted by Crippen LogP contribution is 2.39. The maximum absolute atomic E-state index is 4.73. The van der Waals surface area contributed by atoms with E-state index in [1.807, 2.05) is 18.6 Å². The van der Waals surface area contributed by atoms with Crippen molar-refractivity contribution in [3.8, 4) is 55.8 Å². The van der Waals surface area contributed by atoms with Gasteiger partial charge < -0.3 is 0 Å². The molecule has 45 heavy (non-hydrogen) atoms. The van der Waals surface area contributed by atoms with Gasteiger partial charge in [-0.3, -0.25) is 9.97 Å². The van der Waals surface area contributed by atoms with Crippen molar-refractivity contribution >= 4 is 10.8 Å². The number of fused-ring (bicyclic) bond motifs is 1. The molecule has 0 N–H and O–H groups in total. The minimum Gasteiger partial charge on any atom is -0.264 e. The lowest BCUT2D eigenvalue weighted by atomic mass is 9.86. The molecular formula is C43H36N2. The van der Waals surface area contributed by atoms with Gasteiger partial charge in [-0.1, -0.05) is 111 Å². The molecule has 2 nitrogen and oxygen atoms in total. The van der Waals surface area contributed by atoms with Gasteiger partial charge in [0.15, 0.2) is 0 Å². The fraction of sp³-hybridized carbons (Fsp3) is 0.116. The Hall–Kier alpha value is -5.34. The molecule has 2 heterocycles. The van der Waals surface area contributed by atoms with Gasteiger partial charge in [0.05, 0.1) is 5.69 Å². The van der Waals surface area contributed by atoms with E-state index < -0.39 is 0 Å². The van der Waals surface area contributed by atoms with Crippen molar-refractivity contribution in [1.82, 2.24) is 9.97 Å². The van der Waals surface area contributed by atoms with E-state index in [4.69, 9.17) is 4.98 Å². The zero-order chi connectivity index (χ0) is 31.0.